The number of rotatable bonds is 3. The maximum atomic E-state index is 12.1. The summed E-state index contributed by atoms with van der Waals surface area (Å²) in [7, 11) is 0. The molecule has 6 nitrogen and oxygen atoms in total. The molecule has 2 rings (SSSR count). The lowest BCUT2D eigenvalue weighted by molar-refractivity contribution is 0.102. The van der Waals surface area contributed by atoms with E-state index in [4.69, 9.17) is 5.11 Å². The zero-order valence-corrected chi connectivity index (χ0v) is 10.6. The second kappa shape index (κ2) is 6.97. The number of aromatic nitrogens is 3. The van der Waals surface area contributed by atoms with E-state index < -0.39 is 0 Å². The van der Waals surface area contributed by atoms with Gasteiger partial charge in [-0.05, 0) is 18.2 Å². The van der Waals surface area contributed by atoms with Crippen LogP contribution in [0.2, 0.25) is 0 Å². The van der Waals surface area contributed by atoms with Crippen LogP contribution in [-0.2, 0) is 0 Å². The predicted octanol–water partition coefficient (Wildman–Crippen LogP) is 0.858. The molecule has 0 aliphatic carbocycles. The Kier molecular flexibility index (Phi) is 4.76. The SMILES string of the molecule is O=C(Nc1cccnn1)c1ccncc1C#CCCO. The summed E-state index contributed by atoms with van der Waals surface area (Å²) in [5.41, 5.74) is 0.901. The van der Waals surface area contributed by atoms with Crippen LogP contribution in [0.15, 0.2) is 36.8 Å². The molecule has 0 spiro atoms. The standard InChI is InChI=1S/C14H12N4O2/c19-9-2-1-4-11-10-15-8-6-12(11)14(20)17-13-5-3-7-16-18-13/h3,5-8,10,19H,2,9H2,(H,17,18,20). The van der Waals surface area contributed by atoms with Crippen molar-refractivity contribution in [2.45, 2.75) is 6.42 Å². The van der Waals surface area contributed by atoms with Gasteiger partial charge in [-0.1, -0.05) is 11.8 Å². The lowest BCUT2D eigenvalue weighted by Crippen LogP contribution is -2.14. The van der Waals surface area contributed by atoms with Crippen LogP contribution in [0.5, 0.6) is 0 Å². The van der Waals surface area contributed by atoms with Crippen molar-refractivity contribution in [2.24, 2.45) is 0 Å². The molecule has 0 unspecified atom stereocenters. The highest BCUT2D eigenvalue weighted by molar-refractivity contribution is 6.05. The molecule has 20 heavy (non-hydrogen) atoms. The van der Waals surface area contributed by atoms with Gasteiger partial charge in [-0.25, -0.2) is 0 Å². The molecule has 2 N–H and O–H groups in total. The lowest BCUT2D eigenvalue weighted by Gasteiger charge is -2.04. The molecular formula is C14H12N4O2. The molecule has 0 fully saturated rings. The zero-order chi connectivity index (χ0) is 14.2. The number of pyridine rings is 1. The number of aliphatic hydroxyl groups excluding tert-OH is 1. The number of nitrogens with zero attached hydrogens (tertiary/aromatic N) is 3. The highest BCUT2D eigenvalue weighted by Crippen LogP contribution is 2.09. The Labute approximate surface area is 115 Å². The van der Waals surface area contributed by atoms with Gasteiger partial charge in [0.25, 0.3) is 5.91 Å². The summed E-state index contributed by atoms with van der Waals surface area (Å²) >= 11 is 0. The van der Waals surface area contributed by atoms with Gasteiger partial charge < -0.3 is 10.4 Å². The quantitative estimate of drug-likeness (QED) is 0.806. The topological polar surface area (TPSA) is 88.0 Å². The van der Waals surface area contributed by atoms with Crippen LogP contribution < -0.4 is 5.32 Å². The molecule has 0 aliphatic rings. The summed E-state index contributed by atoms with van der Waals surface area (Å²) in [6, 6.07) is 4.90. The number of nitrogens with one attached hydrogen (secondary N) is 1. The van der Waals surface area contributed by atoms with Gasteiger partial charge in [0.05, 0.1) is 17.7 Å². The van der Waals surface area contributed by atoms with Gasteiger partial charge in [0, 0.05) is 25.0 Å². The van der Waals surface area contributed by atoms with E-state index >= 15 is 0 Å². The highest BCUT2D eigenvalue weighted by atomic mass is 16.2. The first-order chi connectivity index (χ1) is 9.81. The van der Waals surface area contributed by atoms with Crippen LogP contribution in [0.25, 0.3) is 0 Å². The molecule has 1 amide bonds. The molecule has 0 radical (unpaired) electrons. The first-order valence-corrected chi connectivity index (χ1v) is 5.94. The van der Waals surface area contributed by atoms with Gasteiger partial charge >= 0.3 is 0 Å². The minimum absolute atomic E-state index is 0.0194. The minimum Gasteiger partial charge on any atom is -0.395 e. The van der Waals surface area contributed by atoms with E-state index in [9.17, 15) is 4.79 Å². The average Bonchev–Trinajstić information content (AvgIpc) is 2.49. The summed E-state index contributed by atoms with van der Waals surface area (Å²) in [6.45, 7) is -0.0194. The van der Waals surface area contributed by atoms with Crippen LogP contribution in [0.1, 0.15) is 22.3 Å². The Balaban J connectivity index is 2.20. The largest absolute Gasteiger partial charge is 0.395 e. The predicted molar refractivity (Wildman–Crippen MR) is 72.8 cm³/mol. The summed E-state index contributed by atoms with van der Waals surface area (Å²) in [5, 5.41) is 18.8. The monoisotopic (exact) mass is 268 g/mol. The van der Waals surface area contributed by atoms with Crippen molar-refractivity contribution in [2.75, 3.05) is 11.9 Å². The molecular weight excluding hydrogens is 256 g/mol. The Morgan fingerprint density at radius 3 is 3.00 bits per heavy atom. The van der Waals surface area contributed by atoms with Crippen molar-refractivity contribution < 1.29 is 9.90 Å². The van der Waals surface area contributed by atoms with Gasteiger partial charge in [-0.2, -0.15) is 5.10 Å². The molecule has 100 valence electrons. The van der Waals surface area contributed by atoms with Gasteiger partial charge in [-0.3, -0.25) is 9.78 Å². The number of aliphatic hydroxyl groups is 1. The molecule has 2 heterocycles. The molecule has 0 bridgehead atoms. The molecule has 2 aromatic rings. The van der Waals surface area contributed by atoms with Crippen molar-refractivity contribution in [3.05, 3.63) is 47.9 Å². The number of anilines is 1. The third-order valence-corrected chi connectivity index (χ3v) is 2.34. The smallest absolute Gasteiger partial charge is 0.258 e. The maximum Gasteiger partial charge on any atom is 0.258 e. The Morgan fingerprint density at radius 2 is 2.25 bits per heavy atom. The van der Waals surface area contributed by atoms with Crippen LogP contribution in [-0.4, -0.2) is 32.8 Å². The van der Waals surface area contributed by atoms with Crippen LogP contribution >= 0.6 is 0 Å². The van der Waals surface area contributed by atoms with E-state index in [1.54, 1.807) is 18.2 Å². The van der Waals surface area contributed by atoms with Crippen LogP contribution in [0.3, 0.4) is 0 Å². The molecule has 6 heteroatoms. The van der Waals surface area contributed by atoms with E-state index in [0.717, 1.165) is 0 Å². The molecule has 0 aliphatic heterocycles. The fraction of sp³-hybridized carbons (Fsp3) is 0.143. The van der Waals surface area contributed by atoms with Crippen molar-refractivity contribution >= 4 is 11.7 Å². The third-order valence-electron chi connectivity index (χ3n) is 2.34. The fourth-order valence-corrected chi connectivity index (χ4v) is 1.46. The van der Waals surface area contributed by atoms with Gasteiger partial charge in [0.15, 0.2) is 5.82 Å². The van der Waals surface area contributed by atoms with E-state index in [2.05, 4.69) is 32.3 Å². The average molecular weight is 268 g/mol. The summed E-state index contributed by atoms with van der Waals surface area (Å²) in [6.07, 6.45) is 4.90. The number of hydrogen-bond donors (Lipinski definition) is 2. The highest BCUT2D eigenvalue weighted by Gasteiger charge is 2.10. The molecule has 0 saturated heterocycles. The van der Waals surface area contributed by atoms with E-state index in [-0.39, 0.29) is 12.5 Å². The molecule has 0 aromatic carbocycles. The molecule has 0 saturated carbocycles. The normalized spacial score (nSPS) is 9.45. The summed E-state index contributed by atoms with van der Waals surface area (Å²) in [4.78, 5) is 16.1. The number of carbonyl (C=O) groups is 1. The number of carbonyl (C=O) groups excluding carboxylic acids is 1. The Morgan fingerprint density at radius 1 is 1.35 bits per heavy atom. The second-order valence-corrected chi connectivity index (χ2v) is 3.76. The zero-order valence-electron chi connectivity index (χ0n) is 10.6. The van der Waals surface area contributed by atoms with Crippen LogP contribution in [0.4, 0.5) is 5.82 Å². The second-order valence-electron chi connectivity index (χ2n) is 3.76. The minimum atomic E-state index is -0.332. The lowest BCUT2D eigenvalue weighted by atomic mass is 10.1. The first-order valence-electron chi connectivity index (χ1n) is 5.94. The van der Waals surface area contributed by atoms with Gasteiger partial charge in [-0.15, -0.1) is 5.10 Å². The van der Waals surface area contributed by atoms with Crippen molar-refractivity contribution in [3.8, 4) is 11.8 Å². The summed E-state index contributed by atoms with van der Waals surface area (Å²) < 4.78 is 0. The van der Waals surface area contributed by atoms with Gasteiger partial charge in [0.1, 0.15) is 0 Å². The molecule has 0 atom stereocenters. The summed E-state index contributed by atoms with van der Waals surface area (Å²) in [5.74, 6) is 5.61. The van der Waals surface area contributed by atoms with Crippen molar-refractivity contribution in [3.63, 3.8) is 0 Å². The number of amides is 1. The van der Waals surface area contributed by atoms with E-state index in [1.807, 2.05) is 0 Å². The van der Waals surface area contributed by atoms with Gasteiger partial charge in [0.2, 0.25) is 0 Å². The third kappa shape index (κ3) is 3.60. The van der Waals surface area contributed by atoms with E-state index in [0.29, 0.717) is 23.4 Å². The first kappa shape index (κ1) is 13.6. The van der Waals surface area contributed by atoms with Crippen molar-refractivity contribution in [1.29, 1.82) is 0 Å². The Bertz CT molecular complexity index is 647. The Hall–Kier alpha value is -2.78. The fourth-order valence-electron chi connectivity index (χ4n) is 1.46. The van der Waals surface area contributed by atoms with Crippen LogP contribution in [0, 0.1) is 11.8 Å². The molecule has 2 aromatic heterocycles. The maximum absolute atomic E-state index is 12.1. The van der Waals surface area contributed by atoms with E-state index in [1.165, 1.54) is 18.6 Å². The van der Waals surface area contributed by atoms with Crippen molar-refractivity contribution in [1.82, 2.24) is 15.2 Å². The number of hydrogen-bond acceptors (Lipinski definition) is 5.